The summed E-state index contributed by atoms with van der Waals surface area (Å²) in [6.45, 7) is 4.17. The average Bonchev–Trinajstić information content (AvgIpc) is 2.77. The van der Waals surface area contributed by atoms with Crippen molar-refractivity contribution in [3.8, 4) is 0 Å². The van der Waals surface area contributed by atoms with Gasteiger partial charge in [0.1, 0.15) is 5.78 Å². The highest BCUT2D eigenvalue weighted by Gasteiger charge is 2.42. The van der Waals surface area contributed by atoms with Gasteiger partial charge >= 0.3 is 0 Å². The molecular formula is C13H24N2O3S. The largest absolute Gasteiger partial charge is 0.299 e. The summed E-state index contributed by atoms with van der Waals surface area (Å²) in [6.07, 6.45) is 5.13. The minimum atomic E-state index is -3.45. The summed E-state index contributed by atoms with van der Waals surface area (Å²) in [7, 11) is -3.45. The predicted molar refractivity (Wildman–Crippen MR) is 73.9 cm³/mol. The number of rotatable bonds is 4. The van der Waals surface area contributed by atoms with Gasteiger partial charge in [0.05, 0.1) is 0 Å². The Balaban J connectivity index is 2.14. The maximum absolute atomic E-state index is 12.3. The van der Waals surface area contributed by atoms with E-state index in [1.807, 2.05) is 13.8 Å². The number of nitrogens with one attached hydrogen (secondary N) is 1. The number of hydrogen-bond acceptors (Lipinski definition) is 3. The molecule has 1 saturated carbocycles. The molecule has 2 fully saturated rings. The fourth-order valence-corrected chi connectivity index (χ4v) is 4.96. The molecular weight excluding hydrogens is 264 g/mol. The van der Waals surface area contributed by atoms with Crippen molar-refractivity contribution >= 4 is 16.0 Å². The Morgan fingerprint density at radius 1 is 1.21 bits per heavy atom. The van der Waals surface area contributed by atoms with E-state index in [0.29, 0.717) is 13.0 Å². The first-order chi connectivity index (χ1) is 8.92. The van der Waals surface area contributed by atoms with Crippen LogP contribution in [0.15, 0.2) is 0 Å². The average molecular weight is 288 g/mol. The molecule has 2 unspecified atom stereocenters. The van der Waals surface area contributed by atoms with Crippen molar-refractivity contribution in [2.24, 2.45) is 5.92 Å². The van der Waals surface area contributed by atoms with Crippen molar-refractivity contribution in [1.29, 1.82) is 0 Å². The molecule has 110 valence electrons. The minimum Gasteiger partial charge on any atom is -0.299 e. The van der Waals surface area contributed by atoms with E-state index < -0.39 is 10.2 Å². The van der Waals surface area contributed by atoms with Crippen molar-refractivity contribution in [2.45, 2.75) is 64.5 Å². The Morgan fingerprint density at radius 2 is 1.95 bits per heavy atom. The van der Waals surface area contributed by atoms with Crippen molar-refractivity contribution < 1.29 is 13.2 Å². The van der Waals surface area contributed by atoms with Crippen molar-refractivity contribution in [3.63, 3.8) is 0 Å². The molecule has 0 aromatic rings. The van der Waals surface area contributed by atoms with Crippen LogP contribution in [0.1, 0.15) is 52.4 Å². The lowest BCUT2D eigenvalue weighted by atomic mass is 9.82. The van der Waals surface area contributed by atoms with E-state index >= 15 is 0 Å². The molecule has 2 rings (SSSR count). The SMILES string of the molecule is CC(C)NS(=O)(=O)N1CCCC1C1CCCCC1=O. The highest BCUT2D eigenvalue weighted by Crippen LogP contribution is 2.33. The third-order valence-corrected chi connectivity index (χ3v) is 5.85. The molecule has 6 heteroatoms. The van der Waals surface area contributed by atoms with Crippen LogP contribution in [0.5, 0.6) is 0 Å². The van der Waals surface area contributed by atoms with Gasteiger partial charge in [-0.2, -0.15) is 17.4 Å². The second kappa shape index (κ2) is 5.89. The van der Waals surface area contributed by atoms with Gasteiger partial charge in [0.15, 0.2) is 0 Å². The monoisotopic (exact) mass is 288 g/mol. The lowest BCUT2D eigenvalue weighted by Gasteiger charge is -2.32. The molecule has 2 atom stereocenters. The minimum absolute atomic E-state index is 0.0833. The molecule has 5 nitrogen and oxygen atoms in total. The fourth-order valence-electron chi connectivity index (χ4n) is 3.25. The second-order valence-corrected chi connectivity index (χ2v) is 7.57. The molecule has 0 radical (unpaired) electrons. The van der Waals surface area contributed by atoms with Gasteiger partial charge in [-0.15, -0.1) is 0 Å². The first-order valence-electron chi connectivity index (χ1n) is 7.23. The van der Waals surface area contributed by atoms with Gasteiger partial charge in [-0.05, 0) is 39.5 Å². The highest BCUT2D eigenvalue weighted by atomic mass is 32.2. The molecule has 2 aliphatic rings. The fraction of sp³-hybridized carbons (Fsp3) is 0.923. The Labute approximate surface area is 115 Å². The van der Waals surface area contributed by atoms with E-state index in [1.165, 1.54) is 4.31 Å². The van der Waals surface area contributed by atoms with Gasteiger partial charge in [0, 0.05) is 31.0 Å². The molecule has 0 aromatic carbocycles. The van der Waals surface area contributed by atoms with E-state index in [2.05, 4.69) is 4.72 Å². The van der Waals surface area contributed by atoms with E-state index in [4.69, 9.17) is 0 Å². The molecule has 1 aliphatic carbocycles. The molecule has 0 amide bonds. The summed E-state index contributed by atoms with van der Waals surface area (Å²) in [5, 5.41) is 0. The third kappa shape index (κ3) is 3.35. The van der Waals surface area contributed by atoms with E-state index in [0.717, 1.165) is 32.1 Å². The Morgan fingerprint density at radius 3 is 2.58 bits per heavy atom. The standard InChI is InChI=1S/C13H24N2O3S/c1-10(2)14-19(17,18)15-9-5-7-12(15)11-6-3-4-8-13(11)16/h10-12,14H,3-9H2,1-2H3. The summed E-state index contributed by atoms with van der Waals surface area (Å²) in [5.74, 6) is 0.169. The van der Waals surface area contributed by atoms with Gasteiger partial charge in [-0.3, -0.25) is 4.79 Å². The van der Waals surface area contributed by atoms with Crippen LogP contribution in [0.3, 0.4) is 0 Å². The van der Waals surface area contributed by atoms with Crippen LogP contribution < -0.4 is 4.72 Å². The Bertz CT molecular complexity index is 433. The third-order valence-electron chi connectivity index (χ3n) is 4.01. The molecule has 1 N–H and O–H groups in total. The second-order valence-electron chi connectivity index (χ2n) is 5.92. The van der Waals surface area contributed by atoms with Gasteiger partial charge < -0.3 is 0 Å². The van der Waals surface area contributed by atoms with Crippen LogP contribution in [0.25, 0.3) is 0 Å². The molecule has 1 heterocycles. The molecule has 19 heavy (non-hydrogen) atoms. The lowest BCUT2D eigenvalue weighted by Crippen LogP contribution is -2.49. The zero-order chi connectivity index (χ0) is 14.0. The van der Waals surface area contributed by atoms with Crippen LogP contribution in [-0.4, -0.2) is 37.1 Å². The maximum Gasteiger partial charge on any atom is 0.279 e. The number of nitrogens with zero attached hydrogens (tertiary/aromatic N) is 1. The van der Waals surface area contributed by atoms with E-state index in [1.54, 1.807) is 0 Å². The topological polar surface area (TPSA) is 66.5 Å². The first kappa shape index (κ1) is 14.9. The quantitative estimate of drug-likeness (QED) is 0.851. The number of carbonyl (C=O) groups excluding carboxylic acids is 1. The number of ketones is 1. The molecule has 1 aliphatic heterocycles. The summed E-state index contributed by atoms with van der Waals surface area (Å²) in [6, 6.07) is -0.239. The van der Waals surface area contributed by atoms with Crippen molar-refractivity contribution in [3.05, 3.63) is 0 Å². The zero-order valence-electron chi connectivity index (χ0n) is 11.8. The molecule has 1 saturated heterocycles. The van der Waals surface area contributed by atoms with Gasteiger partial charge in [-0.25, -0.2) is 0 Å². The van der Waals surface area contributed by atoms with E-state index in [-0.39, 0.29) is 23.8 Å². The smallest absolute Gasteiger partial charge is 0.279 e. The highest BCUT2D eigenvalue weighted by molar-refractivity contribution is 7.87. The molecule has 0 spiro atoms. The van der Waals surface area contributed by atoms with E-state index in [9.17, 15) is 13.2 Å². The number of hydrogen-bond donors (Lipinski definition) is 1. The van der Waals surface area contributed by atoms with Gasteiger partial charge in [-0.1, -0.05) is 6.42 Å². The Hall–Kier alpha value is -0.460. The molecule has 0 bridgehead atoms. The van der Waals surface area contributed by atoms with Crippen LogP contribution in [0, 0.1) is 5.92 Å². The summed E-state index contributed by atoms with van der Waals surface area (Å²) >= 11 is 0. The maximum atomic E-state index is 12.3. The zero-order valence-corrected chi connectivity index (χ0v) is 12.6. The van der Waals surface area contributed by atoms with Crippen LogP contribution in [0.2, 0.25) is 0 Å². The van der Waals surface area contributed by atoms with Crippen LogP contribution in [-0.2, 0) is 15.0 Å². The normalized spacial score (nSPS) is 30.2. The first-order valence-corrected chi connectivity index (χ1v) is 8.67. The Kier molecular flexibility index (Phi) is 4.63. The van der Waals surface area contributed by atoms with Crippen molar-refractivity contribution in [2.75, 3.05) is 6.54 Å². The summed E-state index contributed by atoms with van der Waals surface area (Å²) in [4.78, 5) is 12.0. The summed E-state index contributed by atoms with van der Waals surface area (Å²) in [5.41, 5.74) is 0. The number of Topliss-reactive ketones (excluding diaryl/α,β-unsaturated/α-hetero) is 1. The number of carbonyl (C=O) groups is 1. The van der Waals surface area contributed by atoms with Gasteiger partial charge in [0.25, 0.3) is 10.2 Å². The van der Waals surface area contributed by atoms with Gasteiger partial charge in [0.2, 0.25) is 0 Å². The van der Waals surface area contributed by atoms with Crippen molar-refractivity contribution in [1.82, 2.24) is 9.03 Å². The lowest BCUT2D eigenvalue weighted by molar-refractivity contribution is -0.126. The molecule has 0 aromatic heterocycles. The van der Waals surface area contributed by atoms with Crippen LogP contribution in [0.4, 0.5) is 0 Å². The summed E-state index contributed by atoms with van der Waals surface area (Å²) < 4.78 is 28.8. The van der Waals surface area contributed by atoms with Crippen LogP contribution >= 0.6 is 0 Å². The predicted octanol–water partition coefficient (Wildman–Crippen LogP) is 1.45.